The highest BCUT2D eigenvalue weighted by atomic mass is 16.3. The lowest BCUT2D eigenvalue weighted by molar-refractivity contribution is -0.191. The monoisotopic (exact) mass is 276 g/mol. The Labute approximate surface area is 105 Å². The van der Waals surface area contributed by atoms with Crippen LogP contribution in [0.2, 0.25) is 0 Å². The Kier molecular flexibility index (Phi) is 74.6. The molecule has 0 aliphatic rings. The van der Waals surface area contributed by atoms with E-state index in [1.54, 1.807) is 6.92 Å². The molecule has 0 rings (SSSR count). The molecule has 0 bridgehead atoms. The molecule has 0 aromatic heterocycles. The molecule has 0 saturated carbocycles. The highest BCUT2D eigenvalue weighted by molar-refractivity contribution is 5.20. The van der Waals surface area contributed by atoms with E-state index in [2.05, 4.69) is 0 Å². The summed E-state index contributed by atoms with van der Waals surface area (Å²) in [5, 5.41) is 47.4. The second-order valence-corrected chi connectivity index (χ2v) is 2.22. The van der Waals surface area contributed by atoms with Crippen LogP contribution < -0.4 is 0 Å². The van der Waals surface area contributed by atoms with E-state index in [4.69, 9.17) is 40.2 Å². The zero-order valence-electron chi connectivity index (χ0n) is 10.3. The molecular formula is C9H24O9. The first-order valence-corrected chi connectivity index (χ1v) is 4.77. The van der Waals surface area contributed by atoms with Crippen molar-refractivity contribution >= 4 is 6.15 Å². The standard InChI is InChI=1S/C3H8O3.C3H8O2.C2H6O.CO2.H2O/c4-1-3(6)2-5;4-2-1-3-5;1-2-3;2-1-3;/h3-6H,1-2H2;4-5H,1-3H2;3H,2H2,1H3;;1H2. The zero-order chi connectivity index (χ0) is 14.5. The fourth-order valence-electron chi connectivity index (χ4n) is 0.128. The van der Waals surface area contributed by atoms with Crippen LogP contribution in [0.3, 0.4) is 0 Å². The highest BCUT2D eigenvalue weighted by Crippen LogP contribution is 1.71. The van der Waals surface area contributed by atoms with E-state index in [1.807, 2.05) is 0 Å². The van der Waals surface area contributed by atoms with Crippen LogP contribution in [0.5, 0.6) is 0 Å². The van der Waals surface area contributed by atoms with Crippen LogP contribution in [0.1, 0.15) is 13.3 Å². The van der Waals surface area contributed by atoms with Gasteiger partial charge in [-0.25, -0.2) is 0 Å². The molecular weight excluding hydrogens is 252 g/mol. The molecule has 18 heavy (non-hydrogen) atoms. The Morgan fingerprint density at radius 1 is 0.944 bits per heavy atom. The fraction of sp³-hybridized carbons (Fsp3) is 0.889. The van der Waals surface area contributed by atoms with Crippen molar-refractivity contribution in [3.05, 3.63) is 0 Å². The van der Waals surface area contributed by atoms with Gasteiger partial charge in [-0.05, 0) is 13.3 Å². The van der Waals surface area contributed by atoms with Gasteiger partial charge in [-0.3, -0.25) is 0 Å². The average Bonchev–Trinajstić information content (AvgIpc) is 2.32. The number of aliphatic hydroxyl groups is 6. The zero-order valence-corrected chi connectivity index (χ0v) is 10.3. The average molecular weight is 276 g/mol. The van der Waals surface area contributed by atoms with Crippen molar-refractivity contribution in [1.82, 2.24) is 0 Å². The number of aliphatic hydroxyl groups excluding tert-OH is 6. The molecule has 0 aromatic carbocycles. The van der Waals surface area contributed by atoms with E-state index in [0.717, 1.165) is 0 Å². The van der Waals surface area contributed by atoms with Crippen LogP contribution >= 0.6 is 0 Å². The van der Waals surface area contributed by atoms with Gasteiger partial charge in [0.25, 0.3) is 0 Å². The minimum Gasteiger partial charge on any atom is -0.412 e. The lowest BCUT2D eigenvalue weighted by Gasteiger charge is -1.96. The van der Waals surface area contributed by atoms with Gasteiger partial charge in [0.15, 0.2) is 0 Å². The molecule has 9 nitrogen and oxygen atoms in total. The van der Waals surface area contributed by atoms with E-state index >= 15 is 0 Å². The van der Waals surface area contributed by atoms with Gasteiger partial charge < -0.3 is 36.1 Å². The van der Waals surface area contributed by atoms with Gasteiger partial charge in [-0.1, -0.05) is 0 Å². The second-order valence-electron chi connectivity index (χ2n) is 2.22. The lowest BCUT2D eigenvalue weighted by atomic mass is 10.4. The molecule has 0 amide bonds. The Morgan fingerprint density at radius 2 is 1.17 bits per heavy atom. The van der Waals surface area contributed by atoms with E-state index in [1.165, 1.54) is 0 Å². The van der Waals surface area contributed by atoms with E-state index in [0.29, 0.717) is 6.42 Å². The first-order valence-electron chi connectivity index (χ1n) is 4.77. The number of carbonyl (C=O) groups excluding carboxylic acids is 2. The van der Waals surface area contributed by atoms with E-state index in [9.17, 15) is 0 Å². The molecule has 9 heteroatoms. The summed E-state index contributed by atoms with van der Waals surface area (Å²) in [5.74, 6) is 0. The molecule has 114 valence electrons. The maximum atomic E-state index is 8.17. The van der Waals surface area contributed by atoms with Crippen molar-refractivity contribution in [1.29, 1.82) is 0 Å². The van der Waals surface area contributed by atoms with Gasteiger partial charge in [0.05, 0.1) is 13.2 Å². The van der Waals surface area contributed by atoms with Gasteiger partial charge in [0.2, 0.25) is 0 Å². The number of rotatable bonds is 4. The summed E-state index contributed by atoms with van der Waals surface area (Å²) in [5.41, 5.74) is 0. The quantitative estimate of drug-likeness (QED) is 0.302. The van der Waals surface area contributed by atoms with Crippen LogP contribution in [-0.2, 0) is 9.59 Å². The van der Waals surface area contributed by atoms with Crippen molar-refractivity contribution in [3.63, 3.8) is 0 Å². The largest absolute Gasteiger partial charge is 0.412 e. The maximum absolute atomic E-state index is 8.17. The van der Waals surface area contributed by atoms with Crippen LogP contribution in [0.25, 0.3) is 0 Å². The van der Waals surface area contributed by atoms with Gasteiger partial charge in [0, 0.05) is 19.8 Å². The summed E-state index contributed by atoms with van der Waals surface area (Å²) in [4.78, 5) is 16.2. The Balaban J connectivity index is -0.0000000429. The topological polar surface area (TPSA) is 187 Å². The van der Waals surface area contributed by atoms with E-state index in [-0.39, 0.29) is 44.7 Å². The first kappa shape index (κ1) is 30.3. The summed E-state index contributed by atoms with van der Waals surface area (Å²) in [7, 11) is 0. The third-order valence-corrected chi connectivity index (χ3v) is 0.738. The highest BCUT2D eigenvalue weighted by Gasteiger charge is 1.93. The molecule has 0 radical (unpaired) electrons. The van der Waals surface area contributed by atoms with Gasteiger partial charge in [-0.15, -0.1) is 0 Å². The summed E-state index contributed by atoms with van der Waals surface area (Å²) in [6.45, 7) is 1.39. The van der Waals surface area contributed by atoms with Crippen LogP contribution in [0, 0.1) is 0 Å². The first-order chi connectivity index (χ1) is 8.05. The fourth-order valence-corrected chi connectivity index (χ4v) is 0.128. The molecule has 0 unspecified atom stereocenters. The van der Waals surface area contributed by atoms with Crippen LogP contribution in [-0.4, -0.2) is 81.4 Å². The van der Waals surface area contributed by atoms with Crippen LogP contribution in [0.15, 0.2) is 0 Å². The van der Waals surface area contributed by atoms with Crippen LogP contribution in [0.4, 0.5) is 0 Å². The number of hydrogen-bond acceptors (Lipinski definition) is 8. The lowest BCUT2D eigenvalue weighted by Crippen LogP contribution is -2.15. The minimum absolute atomic E-state index is 0. The van der Waals surface area contributed by atoms with Gasteiger partial charge >= 0.3 is 6.15 Å². The third-order valence-electron chi connectivity index (χ3n) is 0.738. The normalized spacial score (nSPS) is 7.11. The minimum atomic E-state index is -0.954. The van der Waals surface area contributed by atoms with Crippen molar-refractivity contribution < 1.29 is 45.7 Å². The number of hydrogen-bond donors (Lipinski definition) is 6. The molecule has 0 aliphatic carbocycles. The molecule has 0 saturated heterocycles. The Morgan fingerprint density at radius 3 is 1.17 bits per heavy atom. The van der Waals surface area contributed by atoms with Gasteiger partial charge in [-0.2, -0.15) is 9.59 Å². The van der Waals surface area contributed by atoms with Crippen molar-refractivity contribution in [2.75, 3.05) is 33.0 Å². The second kappa shape index (κ2) is 44.3. The summed E-state index contributed by atoms with van der Waals surface area (Å²) >= 11 is 0. The Bertz CT molecular complexity index is 119. The van der Waals surface area contributed by atoms with Crippen molar-refractivity contribution in [2.45, 2.75) is 19.4 Å². The van der Waals surface area contributed by atoms with Gasteiger partial charge in [0.1, 0.15) is 6.10 Å². The molecule has 0 aliphatic heterocycles. The predicted octanol–water partition coefficient (Wildman–Crippen LogP) is -3.72. The maximum Gasteiger partial charge on any atom is 0.373 e. The molecule has 0 spiro atoms. The van der Waals surface area contributed by atoms with Crippen molar-refractivity contribution in [2.24, 2.45) is 0 Å². The predicted molar refractivity (Wildman–Crippen MR) is 60.3 cm³/mol. The third kappa shape index (κ3) is 115. The molecule has 0 heterocycles. The molecule has 0 aromatic rings. The molecule has 0 fully saturated rings. The summed E-state index contributed by atoms with van der Waals surface area (Å²) in [6.07, 6.45) is -0.204. The molecule has 0 atom stereocenters. The Hall–Kier alpha value is -0.900. The smallest absolute Gasteiger partial charge is 0.373 e. The van der Waals surface area contributed by atoms with E-state index < -0.39 is 6.10 Å². The summed E-state index contributed by atoms with van der Waals surface area (Å²) < 4.78 is 0. The van der Waals surface area contributed by atoms with Crippen molar-refractivity contribution in [3.8, 4) is 0 Å². The molecule has 8 N–H and O–H groups in total. The SMILES string of the molecule is CCO.O.O=C=O.OCC(O)CO.OCCCO. The summed E-state index contributed by atoms with van der Waals surface area (Å²) in [6, 6.07) is 0.